The monoisotopic (exact) mass is 210 g/mol. The summed E-state index contributed by atoms with van der Waals surface area (Å²) < 4.78 is 5.50. The molecule has 5 unspecified atom stereocenters. The van der Waals surface area contributed by atoms with Crippen LogP contribution in [0.5, 0.6) is 0 Å². The SMILES string of the molecule is CCOCC(NN)C1C2C3CCC(C3)C21. The molecule has 2 bridgehead atoms. The van der Waals surface area contributed by atoms with E-state index in [1.54, 1.807) is 0 Å². The molecule has 5 atom stereocenters. The van der Waals surface area contributed by atoms with E-state index in [0.717, 1.165) is 42.8 Å². The van der Waals surface area contributed by atoms with Crippen molar-refractivity contribution in [2.45, 2.75) is 32.2 Å². The second kappa shape index (κ2) is 3.72. The molecule has 3 nitrogen and oxygen atoms in total. The summed E-state index contributed by atoms with van der Waals surface area (Å²) in [6, 6.07) is 0.406. The molecule has 0 heterocycles. The largest absolute Gasteiger partial charge is 0.380 e. The van der Waals surface area contributed by atoms with Gasteiger partial charge in [-0.25, -0.2) is 0 Å². The van der Waals surface area contributed by atoms with Crippen LogP contribution in [-0.4, -0.2) is 19.3 Å². The van der Waals surface area contributed by atoms with Crippen LogP contribution in [0.4, 0.5) is 0 Å². The molecule has 15 heavy (non-hydrogen) atoms. The van der Waals surface area contributed by atoms with Gasteiger partial charge in [0, 0.05) is 12.6 Å². The second-order valence-corrected chi connectivity index (χ2v) is 5.50. The Morgan fingerprint density at radius 3 is 2.53 bits per heavy atom. The Balaban J connectivity index is 1.60. The predicted molar refractivity (Wildman–Crippen MR) is 58.9 cm³/mol. The van der Waals surface area contributed by atoms with E-state index in [1.165, 1.54) is 19.3 Å². The van der Waals surface area contributed by atoms with Crippen LogP contribution in [0.15, 0.2) is 0 Å². The van der Waals surface area contributed by atoms with E-state index < -0.39 is 0 Å². The van der Waals surface area contributed by atoms with Gasteiger partial charge in [0.25, 0.3) is 0 Å². The van der Waals surface area contributed by atoms with Crippen LogP contribution >= 0.6 is 0 Å². The van der Waals surface area contributed by atoms with Crippen molar-refractivity contribution in [1.29, 1.82) is 0 Å². The third-order valence-corrected chi connectivity index (χ3v) is 4.98. The van der Waals surface area contributed by atoms with Gasteiger partial charge < -0.3 is 4.74 Å². The lowest BCUT2D eigenvalue weighted by atomic mass is 9.98. The molecular formula is C12H22N2O. The zero-order valence-corrected chi connectivity index (χ0v) is 9.49. The van der Waals surface area contributed by atoms with Crippen molar-refractivity contribution in [3.8, 4) is 0 Å². The summed E-state index contributed by atoms with van der Waals surface area (Å²) in [6.45, 7) is 3.64. The molecule has 0 radical (unpaired) electrons. The van der Waals surface area contributed by atoms with Gasteiger partial charge in [-0.2, -0.15) is 0 Å². The van der Waals surface area contributed by atoms with Crippen molar-refractivity contribution < 1.29 is 4.74 Å². The van der Waals surface area contributed by atoms with Gasteiger partial charge in [-0.15, -0.1) is 0 Å². The molecule has 0 aliphatic heterocycles. The van der Waals surface area contributed by atoms with Crippen molar-refractivity contribution >= 4 is 0 Å². The van der Waals surface area contributed by atoms with E-state index >= 15 is 0 Å². The molecule has 3 saturated carbocycles. The quantitative estimate of drug-likeness (QED) is 0.528. The van der Waals surface area contributed by atoms with E-state index in [-0.39, 0.29) is 0 Å². The molecule has 3 rings (SSSR count). The third-order valence-electron chi connectivity index (χ3n) is 4.98. The number of nitrogens with two attached hydrogens (primary N) is 1. The highest BCUT2D eigenvalue weighted by atomic mass is 16.5. The Hall–Kier alpha value is -0.120. The molecule has 0 aromatic carbocycles. The molecular weight excluding hydrogens is 188 g/mol. The molecule has 3 heteroatoms. The first-order valence-electron chi connectivity index (χ1n) is 6.40. The summed E-state index contributed by atoms with van der Waals surface area (Å²) >= 11 is 0. The summed E-state index contributed by atoms with van der Waals surface area (Å²) in [5.41, 5.74) is 2.97. The first-order chi connectivity index (χ1) is 7.36. The number of hydrogen-bond acceptors (Lipinski definition) is 3. The van der Waals surface area contributed by atoms with Crippen LogP contribution in [0, 0.1) is 29.6 Å². The number of nitrogens with one attached hydrogen (secondary N) is 1. The van der Waals surface area contributed by atoms with E-state index in [2.05, 4.69) is 5.43 Å². The van der Waals surface area contributed by atoms with Crippen LogP contribution in [0.1, 0.15) is 26.2 Å². The molecule has 3 aliphatic rings. The summed E-state index contributed by atoms with van der Waals surface area (Å²) in [5.74, 6) is 10.5. The molecule has 3 fully saturated rings. The van der Waals surface area contributed by atoms with Crippen LogP contribution in [0.2, 0.25) is 0 Å². The van der Waals surface area contributed by atoms with Crippen LogP contribution in [0.3, 0.4) is 0 Å². The maximum Gasteiger partial charge on any atom is 0.0635 e. The zero-order valence-electron chi connectivity index (χ0n) is 9.49. The van der Waals surface area contributed by atoms with Gasteiger partial charge in [-0.05, 0) is 55.8 Å². The average molecular weight is 210 g/mol. The number of fused-ring (bicyclic) bond motifs is 5. The summed E-state index contributed by atoms with van der Waals surface area (Å²) in [6.07, 6.45) is 4.47. The van der Waals surface area contributed by atoms with Crippen LogP contribution in [-0.2, 0) is 4.74 Å². The molecule has 0 saturated heterocycles. The smallest absolute Gasteiger partial charge is 0.0635 e. The lowest BCUT2D eigenvalue weighted by Crippen LogP contribution is -2.42. The summed E-state index contributed by atoms with van der Waals surface area (Å²) in [7, 11) is 0. The zero-order chi connectivity index (χ0) is 10.4. The van der Waals surface area contributed by atoms with Gasteiger partial charge in [0.15, 0.2) is 0 Å². The third kappa shape index (κ3) is 1.44. The Bertz CT molecular complexity index is 230. The average Bonchev–Trinajstić information content (AvgIpc) is 2.70. The first kappa shape index (κ1) is 10.1. The summed E-state index contributed by atoms with van der Waals surface area (Å²) in [5, 5.41) is 0. The van der Waals surface area contributed by atoms with Gasteiger partial charge in [0.2, 0.25) is 0 Å². The first-order valence-corrected chi connectivity index (χ1v) is 6.40. The van der Waals surface area contributed by atoms with Gasteiger partial charge in [-0.1, -0.05) is 0 Å². The van der Waals surface area contributed by atoms with E-state index in [0.29, 0.717) is 6.04 Å². The van der Waals surface area contributed by atoms with Gasteiger partial charge >= 0.3 is 0 Å². The summed E-state index contributed by atoms with van der Waals surface area (Å²) in [4.78, 5) is 0. The molecule has 0 aromatic heterocycles. The Morgan fingerprint density at radius 2 is 2.00 bits per heavy atom. The molecule has 0 amide bonds. The number of rotatable bonds is 5. The standard InChI is InChI=1S/C12H22N2O/c1-2-15-6-9(14-13)12-10-7-3-4-8(5-7)11(10)12/h7-12,14H,2-6,13H2,1H3. The Kier molecular flexibility index (Phi) is 2.49. The van der Waals surface area contributed by atoms with Gasteiger partial charge in [-0.3, -0.25) is 11.3 Å². The maximum absolute atomic E-state index is 5.64. The van der Waals surface area contributed by atoms with Crippen molar-refractivity contribution in [3.05, 3.63) is 0 Å². The lowest BCUT2D eigenvalue weighted by Gasteiger charge is -2.19. The van der Waals surface area contributed by atoms with Gasteiger partial charge in [0.05, 0.1) is 6.61 Å². The van der Waals surface area contributed by atoms with Crippen molar-refractivity contribution in [3.63, 3.8) is 0 Å². The maximum atomic E-state index is 5.64. The minimum atomic E-state index is 0.406. The van der Waals surface area contributed by atoms with Crippen LogP contribution in [0.25, 0.3) is 0 Å². The molecule has 3 aliphatic carbocycles. The lowest BCUT2D eigenvalue weighted by molar-refractivity contribution is 0.110. The van der Waals surface area contributed by atoms with E-state index in [4.69, 9.17) is 10.6 Å². The topological polar surface area (TPSA) is 47.3 Å². The number of hydrogen-bond donors (Lipinski definition) is 2. The highest BCUT2D eigenvalue weighted by Crippen LogP contribution is 2.70. The van der Waals surface area contributed by atoms with Gasteiger partial charge in [0.1, 0.15) is 0 Å². The Labute approximate surface area is 91.7 Å². The Morgan fingerprint density at radius 1 is 1.33 bits per heavy atom. The fourth-order valence-corrected chi connectivity index (χ4v) is 4.45. The molecule has 0 spiro atoms. The number of hydrazine groups is 1. The molecule has 3 N–H and O–H groups in total. The fraction of sp³-hybridized carbons (Fsp3) is 1.00. The molecule has 86 valence electrons. The van der Waals surface area contributed by atoms with E-state index in [9.17, 15) is 0 Å². The minimum Gasteiger partial charge on any atom is -0.380 e. The number of ether oxygens (including phenoxy) is 1. The van der Waals surface area contributed by atoms with Crippen molar-refractivity contribution in [1.82, 2.24) is 5.43 Å². The fourth-order valence-electron chi connectivity index (χ4n) is 4.45. The van der Waals surface area contributed by atoms with E-state index in [1.807, 2.05) is 6.92 Å². The highest BCUT2D eigenvalue weighted by Gasteiger charge is 2.66. The highest BCUT2D eigenvalue weighted by molar-refractivity contribution is 5.15. The minimum absolute atomic E-state index is 0.406. The molecule has 0 aromatic rings. The predicted octanol–water partition coefficient (Wildman–Crippen LogP) is 1.15. The second-order valence-electron chi connectivity index (χ2n) is 5.50. The van der Waals surface area contributed by atoms with Crippen molar-refractivity contribution in [2.75, 3.05) is 13.2 Å². The van der Waals surface area contributed by atoms with Crippen LogP contribution < -0.4 is 11.3 Å². The normalized spacial score (nSPS) is 48.0. The van der Waals surface area contributed by atoms with Crippen molar-refractivity contribution in [2.24, 2.45) is 35.4 Å².